The highest BCUT2D eigenvalue weighted by atomic mass is 19.1. The maximum atomic E-state index is 14.2. The van der Waals surface area contributed by atoms with Crippen LogP contribution in [0.2, 0.25) is 0 Å². The van der Waals surface area contributed by atoms with Gasteiger partial charge in [0.2, 0.25) is 5.91 Å². The monoisotopic (exact) mass is 321 g/mol. The lowest BCUT2D eigenvalue weighted by Crippen LogP contribution is -2.34. The zero-order valence-corrected chi connectivity index (χ0v) is 14.0. The van der Waals surface area contributed by atoms with Crippen LogP contribution in [0.15, 0.2) is 18.2 Å². The smallest absolute Gasteiger partial charge is 0.224 e. The van der Waals surface area contributed by atoms with Crippen LogP contribution < -0.4 is 11.1 Å². The molecule has 4 nitrogen and oxygen atoms in total. The number of halogens is 1. The van der Waals surface area contributed by atoms with Crippen LogP contribution in [0.4, 0.5) is 10.1 Å². The highest BCUT2D eigenvalue weighted by Crippen LogP contribution is 2.31. The van der Waals surface area contributed by atoms with Crippen molar-refractivity contribution in [2.24, 2.45) is 5.73 Å². The van der Waals surface area contributed by atoms with E-state index in [-0.39, 0.29) is 17.6 Å². The second-order valence-electron chi connectivity index (χ2n) is 6.29. The summed E-state index contributed by atoms with van der Waals surface area (Å²) in [5.74, 6) is 0.0488. The van der Waals surface area contributed by atoms with E-state index in [0.717, 1.165) is 50.9 Å². The lowest BCUT2D eigenvalue weighted by atomic mass is 9.88. The molecule has 1 amide bonds. The number of piperidine rings is 1. The maximum absolute atomic E-state index is 14.2. The Labute approximate surface area is 138 Å². The van der Waals surface area contributed by atoms with Gasteiger partial charge in [0.25, 0.3) is 0 Å². The molecule has 5 heteroatoms. The van der Waals surface area contributed by atoms with Crippen LogP contribution in [0, 0.1) is 5.82 Å². The van der Waals surface area contributed by atoms with Crippen molar-refractivity contribution >= 4 is 11.6 Å². The number of rotatable bonds is 7. The number of hydrogen-bond acceptors (Lipinski definition) is 3. The molecule has 1 heterocycles. The molecule has 3 N–H and O–H groups in total. The lowest BCUT2D eigenvalue weighted by Gasteiger charge is -2.32. The van der Waals surface area contributed by atoms with Gasteiger partial charge < -0.3 is 16.0 Å². The van der Waals surface area contributed by atoms with Gasteiger partial charge in [0, 0.05) is 12.1 Å². The van der Waals surface area contributed by atoms with E-state index in [9.17, 15) is 9.18 Å². The van der Waals surface area contributed by atoms with E-state index in [4.69, 9.17) is 5.73 Å². The Kier molecular flexibility index (Phi) is 6.99. The van der Waals surface area contributed by atoms with E-state index in [1.165, 1.54) is 6.07 Å². The van der Waals surface area contributed by atoms with E-state index in [2.05, 4.69) is 10.2 Å². The minimum Gasteiger partial charge on any atom is -0.330 e. The molecule has 0 spiro atoms. The van der Waals surface area contributed by atoms with E-state index in [1.54, 1.807) is 6.07 Å². The highest BCUT2D eigenvalue weighted by Gasteiger charge is 2.23. The van der Waals surface area contributed by atoms with E-state index >= 15 is 0 Å². The molecular weight excluding hydrogens is 293 g/mol. The number of carbonyl (C=O) groups is 1. The molecule has 2 rings (SSSR count). The van der Waals surface area contributed by atoms with Crippen molar-refractivity contribution in [3.63, 3.8) is 0 Å². The Bertz CT molecular complexity index is 513. The Hall–Kier alpha value is -1.46. The Morgan fingerprint density at radius 3 is 2.78 bits per heavy atom. The van der Waals surface area contributed by atoms with Crippen molar-refractivity contribution in [1.82, 2.24) is 4.90 Å². The van der Waals surface area contributed by atoms with Crippen molar-refractivity contribution in [3.8, 4) is 0 Å². The standard InChI is InChI=1S/C18H28FN3O/c1-2-4-18(23)21-15-5-6-17(19)16(13-15)14-7-11-22(12-8-14)10-3-9-20/h5-6,13-14H,2-4,7-12,20H2,1H3,(H,21,23). The van der Waals surface area contributed by atoms with Crippen LogP contribution >= 0.6 is 0 Å². The fourth-order valence-corrected chi connectivity index (χ4v) is 3.17. The summed E-state index contributed by atoms with van der Waals surface area (Å²) in [6, 6.07) is 4.92. The third-order valence-electron chi connectivity index (χ3n) is 4.46. The van der Waals surface area contributed by atoms with Crippen LogP contribution in [-0.4, -0.2) is 37.0 Å². The number of nitrogens with zero attached hydrogens (tertiary/aromatic N) is 1. The molecular formula is C18H28FN3O. The number of nitrogens with one attached hydrogen (secondary N) is 1. The molecule has 1 fully saturated rings. The Balaban J connectivity index is 1.98. The Morgan fingerprint density at radius 1 is 1.39 bits per heavy atom. The lowest BCUT2D eigenvalue weighted by molar-refractivity contribution is -0.116. The van der Waals surface area contributed by atoms with Gasteiger partial charge in [-0.2, -0.15) is 0 Å². The van der Waals surface area contributed by atoms with Crippen LogP contribution in [0.3, 0.4) is 0 Å². The number of nitrogens with two attached hydrogens (primary N) is 1. The van der Waals surface area contributed by atoms with Gasteiger partial charge in [-0.15, -0.1) is 0 Å². The van der Waals surface area contributed by atoms with Crippen molar-refractivity contribution in [3.05, 3.63) is 29.6 Å². The number of benzene rings is 1. The minimum atomic E-state index is -0.168. The molecule has 0 saturated carbocycles. The molecule has 0 radical (unpaired) electrons. The fourth-order valence-electron chi connectivity index (χ4n) is 3.17. The second kappa shape index (κ2) is 8.99. The molecule has 128 valence electrons. The molecule has 23 heavy (non-hydrogen) atoms. The van der Waals surface area contributed by atoms with Gasteiger partial charge in [0.05, 0.1) is 0 Å². The quantitative estimate of drug-likeness (QED) is 0.811. The zero-order chi connectivity index (χ0) is 16.7. The number of likely N-dealkylation sites (tertiary alicyclic amines) is 1. The summed E-state index contributed by atoms with van der Waals surface area (Å²) in [6.45, 7) is 5.67. The third-order valence-corrected chi connectivity index (χ3v) is 4.46. The SMILES string of the molecule is CCCC(=O)Nc1ccc(F)c(C2CCN(CCCN)CC2)c1. The summed E-state index contributed by atoms with van der Waals surface area (Å²) < 4.78 is 14.2. The van der Waals surface area contributed by atoms with Crippen molar-refractivity contribution in [1.29, 1.82) is 0 Å². The van der Waals surface area contributed by atoms with Gasteiger partial charge in [-0.25, -0.2) is 4.39 Å². The van der Waals surface area contributed by atoms with Crippen LogP contribution in [0.5, 0.6) is 0 Å². The fraction of sp³-hybridized carbons (Fsp3) is 0.611. The Morgan fingerprint density at radius 2 is 2.13 bits per heavy atom. The zero-order valence-electron chi connectivity index (χ0n) is 14.0. The number of hydrogen-bond donors (Lipinski definition) is 2. The number of anilines is 1. The normalized spacial score (nSPS) is 16.5. The average molecular weight is 321 g/mol. The first-order valence-corrected chi connectivity index (χ1v) is 8.65. The molecule has 1 aromatic rings. The highest BCUT2D eigenvalue weighted by molar-refractivity contribution is 5.90. The first-order valence-electron chi connectivity index (χ1n) is 8.65. The summed E-state index contributed by atoms with van der Waals surface area (Å²) in [7, 11) is 0. The molecule has 0 aliphatic carbocycles. The number of amides is 1. The molecule has 0 atom stereocenters. The van der Waals surface area contributed by atoms with E-state index in [0.29, 0.717) is 18.7 Å². The molecule has 1 saturated heterocycles. The summed E-state index contributed by atoms with van der Waals surface area (Å²) in [4.78, 5) is 14.1. The summed E-state index contributed by atoms with van der Waals surface area (Å²) >= 11 is 0. The predicted octanol–water partition coefficient (Wildman–Crippen LogP) is 3.09. The number of carbonyl (C=O) groups excluding carboxylic acids is 1. The molecule has 0 aromatic heterocycles. The van der Waals surface area contributed by atoms with Crippen LogP contribution in [0.1, 0.15) is 50.5 Å². The van der Waals surface area contributed by atoms with Gasteiger partial charge in [-0.05, 0) is 81.5 Å². The summed E-state index contributed by atoms with van der Waals surface area (Å²) in [5, 5.41) is 2.86. The van der Waals surface area contributed by atoms with Gasteiger partial charge in [-0.1, -0.05) is 6.92 Å². The van der Waals surface area contributed by atoms with E-state index < -0.39 is 0 Å². The molecule has 1 aromatic carbocycles. The van der Waals surface area contributed by atoms with Crippen molar-refractivity contribution < 1.29 is 9.18 Å². The van der Waals surface area contributed by atoms with Crippen LogP contribution in [0.25, 0.3) is 0 Å². The first-order chi connectivity index (χ1) is 11.1. The van der Waals surface area contributed by atoms with E-state index in [1.807, 2.05) is 13.0 Å². The maximum Gasteiger partial charge on any atom is 0.224 e. The van der Waals surface area contributed by atoms with Gasteiger partial charge in [0.15, 0.2) is 0 Å². The summed E-state index contributed by atoms with van der Waals surface area (Å²) in [5.41, 5.74) is 6.98. The average Bonchev–Trinajstić information content (AvgIpc) is 2.55. The minimum absolute atomic E-state index is 0.0123. The third kappa shape index (κ3) is 5.29. The molecule has 1 aliphatic rings. The largest absolute Gasteiger partial charge is 0.330 e. The first kappa shape index (κ1) is 17.9. The predicted molar refractivity (Wildman–Crippen MR) is 92.0 cm³/mol. The molecule has 0 bridgehead atoms. The summed E-state index contributed by atoms with van der Waals surface area (Å²) in [6.07, 6.45) is 4.22. The van der Waals surface area contributed by atoms with Crippen molar-refractivity contribution in [2.45, 2.75) is 44.9 Å². The van der Waals surface area contributed by atoms with Gasteiger partial charge >= 0.3 is 0 Å². The topological polar surface area (TPSA) is 58.4 Å². The van der Waals surface area contributed by atoms with Crippen LogP contribution in [-0.2, 0) is 4.79 Å². The second-order valence-corrected chi connectivity index (χ2v) is 6.29. The van der Waals surface area contributed by atoms with Crippen molar-refractivity contribution in [2.75, 3.05) is 31.5 Å². The van der Waals surface area contributed by atoms with Gasteiger partial charge in [0.1, 0.15) is 5.82 Å². The molecule has 1 aliphatic heterocycles. The molecule has 0 unspecified atom stereocenters. The van der Waals surface area contributed by atoms with Gasteiger partial charge in [-0.3, -0.25) is 4.79 Å².